The molecule has 100 valence electrons. The van der Waals surface area contributed by atoms with Gasteiger partial charge in [0, 0.05) is 11.8 Å². The third kappa shape index (κ3) is 2.86. The smallest absolute Gasteiger partial charge is 0.205 e. The van der Waals surface area contributed by atoms with Crippen LogP contribution >= 0.6 is 0 Å². The quantitative estimate of drug-likeness (QED) is 0.578. The van der Waals surface area contributed by atoms with E-state index in [1.54, 1.807) is 0 Å². The second-order valence-corrected chi connectivity index (χ2v) is 3.53. The van der Waals surface area contributed by atoms with Crippen LogP contribution in [-0.4, -0.2) is 17.1 Å². The first-order valence-corrected chi connectivity index (χ1v) is 5.22. The molecule has 0 amide bonds. The van der Waals surface area contributed by atoms with E-state index in [-0.39, 0.29) is 23.1 Å². The first-order chi connectivity index (χ1) is 9.13. The van der Waals surface area contributed by atoms with Crippen LogP contribution in [0.1, 0.15) is 0 Å². The van der Waals surface area contributed by atoms with Gasteiger partial charge >= 0.3 is 0 Å². The van der Waals surface area contributed by atoms with Gasteiger partial charge in [-0.05, 0) is 12.1 Å². The molecule has 8 heteroatoms. The number of ether oxygens (including phenoxy) is 1. The van der Waals surface area contributed by atoms with E-state index in [1.807, 2.05) is 0 Å². The van der Waals surface area contributed by atoms with Gasteiger partial charge in [-0.25, -0.2) is 24.6 Å². The predicted octanol–water partition coefficient (Wildman–Crippen LogP) is 1.79. The van der Waals surface area contributed by atoms with Crippen LogP contribution in [-0.2, 0) is 0 Å². The molecule has 4 N–H and O–H groups in total. The number of nitrogens with one attached hydrogen (secondary N) is 2. The molecule has 1 heterocycles. The molecule has 0 spiro atoms. The molecule has 0 unspecified atom stereocenters. The number of nitrogen functional groups attached to an aromatic ring is 1. The van der Waals surface area contributed by atoms with Crippen LogP contribution < -0.4 is 21.3 Å². The van der Waals surface area contributed by atoms with Gasteiger partial charge in [-0.15, -0.1) is 0 Å². The second kappa shape index (κ2) is 5.44. The number of methoxy groups -OCH3 is 1. The molecular formula is C11H11F2N5O. The number of aromatic nitrogens is 2. The molecule has 0 saturated heterocycles. The van der Waals surface area contributed by atoms with Crippen molar-refractivity contribution in [1.29, 1.82) is 0 Å². The van der Waals surface area contributed by atoms with E-state index in [9.17, 15) is 8.78 Å². The number of benzene rings is 1. The molecule has 0 aliphatic rings. The van der Waals surface area contributed by atoms with Crippen LogP contribution in [0.3, 0.4) is 0 Å². The highest BCUT2D eigenvalue weighted by atomic mass is 19.1. The van der Waals surface area contributed by atoms with Crippen molar-refractivity contribution in [2.24, 2.45) is 5.84 Å². The molecule has 1 aromatic heterocycles. The zero-order valence-electron chi connectivity index (χ0n) is 9.95. The lowest BCUT2D eigenvalue weighted by molar-refractivity contribution is 0.415. The van der Waals surface area contributed by atoms with Gasteiger partial charge in [0.2, 0.25) is 5.75 Å². The van der Waals surface area contributed by atoms with Crippen molar-refractivity contribution in [2.75, 3.05) is 17.9 Å². The van der Waals surface area contributed by atoms with E-state index in [0.717, 1.165) is 18.2 Å². The fourth-order valence-corrected chi connectivity index (χ4v) is 1.52. The van der Waals surface area contributed by atoms with Gasteiger partial charge in [0.1, 0.15) is 18.0 Å². The Morgan fingerprint density at radius 2 is 1.74 bits per heavy atom. The Hall–Kier alpha value is -2.48. The number of nitrogens with two attached hydrogens (primary N) is 1. The maximum Gasteiger partial charge on any atom is 0.205 e. The molecule has 0 aliphatic carbocycles. The van der Waals surface area contributed by atoms with Gasteiger partial charge in [-0.2, -0.15) is 0 Å². The van der Waals surface area contributed by atoms with Crippen molar-refractivity contribution in [1.82, 2.24) is 9.97 Å². The lowest BCUT2D eigenvalue weighted by atomic mass is 10.3. The zero-order valence-corrected chi connectivity index (χ0v) is 9.95. The fourth-order valence-electron chi connectivity index (χ4n) is 1.52. The van der Waals surface area contributed by atoms with Crippen LogP contribution in [0.2, 0.25) is 0 Å². The van der Waals surface area contributed by atoms with Crippen molar-refractivity contribution in [3.05, 3.63) is 36.2 Å². The Balaban J connectivity index is 2.37. The van der Waals surface area contributed by atoms with E-state index in [1.165, 1.54) is 13.4 Å². The summed E-state index contributed by atoms with van der Waals surface area (Å²) in [5, 5.41) is 2.73. The van der Waals surface area contributed by atoms with Gasteiger partial charge in [-0.1, -0.05) is 0 Å². The van der Waals surface area contributed by atoms with Gasteiger partial charge in [0.25, 0.3) is 0 Å². The third-order valence-electron chi connectivity index (χ3n) is 2.27. The molecule has 6 nitrogen and oxygen atoms in total. The van der Waals surface area contributed by atoms with E-state index in [0.29, 0.717) is 0 Å². The Labute approximate surface area is 107 Å². The predicted molar refractivity (Wildman–Crippen MR) is 66.0 cm³/mol. The maximum atomic E-state index is 13.1. The minimum absolute atomic E-state index is 0.192. The Bertz CT molecular complexity index is 573. The average Bonchev–Trinajstić information content (AvgIpc) is 2.37. The van der Waals surface area contributed by atoms with Crippen molar-refractivity contribution in [3.63, 3.8) is 0 Å². The number of anilines is 3. The first kappa shape index (κ1) is 13.0. The topological polar surface area (TPSA) is 85.1 Å². The minimum Gasteiger partial charge on any atom is -0.490 e. The highest BCUT2D eigenvalue weighted by Gasteiger charge is 2.12. The third-order valence-corrected chi connectivity index (χ3v) is 2.27. The Morgan fingerprint density at radius 1 is 1.11 bits per heavy atom. The summed E-state index contributed by atoms with van der Waals surface area (Å²) in [5.74, 6) is 4.58. The Morgan fingerprint density at radius 3 is 2.32 bits per heavy atom. The van der Waals surface area contributed by atoms with Gasteiger partial charge in [0.15, 0.2) is 11.6 Å². The molecular weight excluding hydrogens is 256 g/mol. The fraction of sp³-hybridized carbons (Fsp3) is 0.0909. The number of hydrazine groups is 1. The molecule has 19 heavy (non-hydrogen) atoms. The second-order valence-electron chi connectivity index (χ2n) is 3.53. The molecule has 0 atom stereocenters. The maximum absolute atomic E-state index is 13.1. The van der Waals surface area contributed by atoms with E-state index in [4.69, 9.17) is 10.6 Å². The average molecular weight is 267 g/mol. The summed E-state index contributed by atoms with van der Waals surface area (Å²) in [4.78, 5) is 7.77. The molecule has 2 aromatic rings. The van der Waals surface area contributed by atoms with Crippen LogP contribution in [0.25, 0.3) is 0 Å². The minimum atomic E-state index is -0.701. The van der Waals surface area contributed by atoms with E-state index < -0.39 is 11.6 Å². The van der Waals surface area contributed by atoms with Crippen LogP contribution in [0.4, 0.5) is 26.1 Å². The molecule has 0 aliphatic heterocycles. The number of hydrogen-bond donors (Lipinski definition) is 3. The largest absolute Gasteiger partial charge is 0.490 e. The summed E-state index contributed by atoms with van der Waals surface area (Å²) in [5.41, 5.74) is 2.52. The van der Waals surface area contributed by atoms with Gasteiger partial charge < -0.3 is 15.5 Å². The summed E-state index contributed by atoms with van der Waals surface area (Å²) in [7, 11) is 1.40. The molecule has 2 rings (SSSR count). The van der Waals surface area contributed by atoms with Gasteiger partial charge in [0.05, 0.1) is 7.11 Å². The SMILES string of the molecule is COc1c(NN)ncnc1Nc1cc(F)cc(F)c1. The van der Waals surface area contributed by atoms with Gasteiger partial charge in [-0.3, -0.25) is 0 Å². The lowest BCUT2D eigenvalue weighted by Crippen LogP contribution is -2.11. The molecule has 0 fully saturated rings. The van der Waals surface area contributed by atoms with E-state index >= 15 is 0 Å². The zero-order chi connectivity index (χ0) is 13.8. The highest BCUT2D eigenvalue weighted by molar-refractivity contribution is 5.68. The Kier molecular flexibility index (Phi) is 3.71. The monoisotopic (exact) mass is 267 g/mol. The van der Waals surface area contributed by atoms with Crippen molar-refractivity contribution in [3.8, 4) is 5.75 Å². The summed E-state index contributed by atoms with van der Waals surface area (Å²) >= 11 is 0. The number of rotatable bonds is 4. The number of halogens is 2. The van der Waals surface area contributed by atoms with Crippen molar-refractivity contribution in [2.45, 2.75) is 0 Å². The summed E-state index contributed by atoms with van der Waals surface area (Å²) in [6.45, 7) is 0. The van der Waals surface area contributed by atoms with E-state index in [2.05, 4.69) is 20.7 Å². The van der Waals surface area contributed by atoms with Crippen molar-refractivity contribution >= 4 is 17.3 Å². The van der Waals surface area contributed by atoms with Crippen LogP contribution in [0, 0.1) is 11.6 Å². The van der Waals surface area contributed by atoms with Crippen LogP contribution in [0.15, 0.2) is 24.5 Å². The first-order valence-electron chi connectivity index (χ1n) is 5.22. The molecule has 0 saturated carbocycles. The lowest BCUT2D eigenvalue weighted by Gasteiger charge is -2.12. The normalized spacial score (nSPS) is 10.1. The summed E-state index contributed by atoms with van der Waals surface area (Å²) in [6.07, 6.45) is 1.23. The molecule has 0 radical (unpaired) electrons. The summed E-state index contributed by atoms with van der Waals surface area (Å²) in [6, 6.07) is 3.02. The van der Waals surface area contributed by atoms with Crippen molar-refractivity contribution < 1.29 is 13.5 Å². The number of nitrogens with zero attached hydrogens (tertiary/aromatic N) is 2. The number of hydrogen-bond acceptors (Lipinski definition) is 6. The standard InChI is InChI=1S/C11H11F2N5O/c1-19-9-10(15-5-16-11(9)18-14)17-8-3-6(12)2-7(13)4-8/h2-5H,14H2,1H3,(H2,15,16,17,18). The van der Waals surface area contributed by atoms with Crippen LogP contribution in [0.5, 0.6) is 5.75 Å². The highest BCUT2D eigenvalue weighted by Crippen LogP contribution is 2.30. The summed E-state index contributed by atoms with van der Waals surface area (Å²) < 4.78 is 31.2. The molecule has 1 aromatic carbocycles. The molecule has 0 bridgehead atoms.